The molecule has 0 saturated heterocycles. The molecule has 0 unspecified atom stereocenters. The number of hydrogen-bond acceptors (Lipinski definition) is 19. The van der Waals surface area contributed by atoms with Gasteiger partial charge in [-0.1, -0.05) is 0 Å². The smallest absolute Gasteiger partial charge is 0.744 e. The van der Waals surface area contributed by atoms with E-state index >= 15 is 0 Å². The van der Waals surface area contributed by atoms with E-state index in [1.165, 1.54) is 12.1 Å². The second kappa shape index (κ2) is 16.9. The minimum atomic E-state index is -5.23. The number of benzene rings is 5. The van der Waals surface area contributed by atoms with E-state index in [1.807, 2.05) is 0 Å². The average Bonchev–Trinajstić information content (AvgIpc) is 3.05. The largest absolute Gasteiger partial charge is 1.00 e. The summed E-state index contributed by atoms with van der Waals surface area (Å²) < 4.78 is 70.4. The number of phenolic OH excluding ortho intramolecular Hbond substituents is 3. The Labute approximate surface area is 340 Å². The van der Waals surface area contributed by atoms with Crippen LogP contribution in [0, 0.1) is 20.2 Å². The van der Waals surface area contributed by atoms with E-state index in [1.54, 1.807) is 0 Å². The third kappa shape index (κ3) is 10.2. The Morgan fingerprint density at radius 3 is 1.51 bits per heavy atom. The molecule has 5 aromatic carbocycles. The van der Waals surface area contributed by atoms with Gasteiger partial charge >= 0.3 is 59.1 Å². The summed E-state index contributed by atoms with van der Waals surface area (Å²) in [5.74, 6) is -2.21. The molecule has 0 amide bonds. The monoisotopic (exact) mass is 782 g/mol. The van der Waals surface area contributed by atoms with Crippen LogP contribution >= 0.6 is 0 Å². The van der Waals surface area contributed by atoms with E-state index in [-0.39, 0.29) is 92.9 Å². The first-order valence-electron chi connectivity index (χ1n) is 13.5. The summed E-state index contributed by atoms with van der Waals surface area (Å²) in [4.78, 5) is 18.7. The second-order valence-electron chi connectivity index (χ2n) is 10.0. The molecule has 260 valence electrons. The molecule has 25 heteroatoms. The standard InChI is InChI=1S/C28H18N8O13S2.2Na/c37-25-11-18(36(42)43)5-6-21(25)31-30-16-9-23(33-29-15-1-3-17(4-2-15)35(40)41)28(39)24(10-16)34-32-22-12-19(50(44,45)46)7-14-8-20(51(47,48)49)13-26(38)27(14)22;;/h1-13,37-39H,(H,44,45,46)(H,47,48,49);;/q;2*+1/p-2. The Morgan fingerprint density at radius 2 is 0.981 bits per heavy atom. The van der Waals surface area contributed by atoms with Gasteiger partial charge in [0.05, 0.1) is 48.2 Å². The van der Waals surface area contributed by atoms with Gasteiger partial charge in [0, 0.05) is 18.2 Å². The fourth-order valence-electron chi connectivity index (χ4n) is 4.27. The summed E-state index contributed by atoms with van der Waals surface area (Å²) in [5.41, 5.74) is -2.33. The van der Waals surface area contributed by atoms with Crippen molar-refractivity contribution >= 4 is 76.5 Å². The maximum absolute atomic E-state index is 11.9. The number of aromatic hydroxyl groups is 3. The SMILES string of the molecule is O=[N+]([O-])c1ccc(N=Nc2cc(N=Nc3ccc([N+](=O)[O-])cc3O)cc(N=Nc3cc(S(=O)(=O)[O-])cc4cc(S(=O)(=O)[O-])cc(O)c34)c2O)cc1.[Na+].[Na+]. The topological polar surface area (TPSA) is 336 Å². The number of nitrogens with zero attached hydrogens (tertiary/aromatic N) is 8. The molecule has 0 aliphatic rings. The van der Waals surface area contributed by atoms with Crippen LogP contribution in [0.5, 0.6) is 17.2 Å². The molecule has 0 atom stereocenters. The number of rotatable bonds is 10. The number of non-ortho nitro benzene ring substituents is 2. The molecule has 0 spiro atoms. The number of phenols is 3. The van der Waals surface area contributed by atoms with Crippen molar-refractivity contribution in [1.82, 2.24) is 0 Å². The van der Waals surface area contributed by atoms with Gasteiger partial charge in [0.25, 0.3) is 11.4 Å². The number of nitro benzene ring substituents is 2. The van der Waals surface area contributed by atoms with Crippen LogP contribution in [0.2, 0.25) is 0 Å². The molecule has 0 radical (unpaired) electrons. The minimum absolute atomic E-state index is 0. The zero-order valence-corrected chi connectivity index (χ0v) is 32.5. The van der Waals surface area contributed by atoms with E-state index in [4.69, 9.17) is 0 Å². The Kier molecular flexibility index (Phi) is 13.6. The Balaban J connectivity index is 0.00000378. The van der Waals surface area contributed by atoms with Crippen LogP contribution in [0.25, 0.3) is 10.8 Å². The van der Waals surface area contributed by atoms with Gasteiger partial charge in [-0.3, -0.25) is 20.2 Å². The van der Waals surface area contributed by atoms with Crippen molar-refractivity contribution in [1.29, 1.82) is 0 Å². The molecular formula is C28H16N8Na2O13S2. The van der Waals surface area contributed by atoms with Crippen LogP contribution in [-0.2, 0) is 20.2 Å². The van der Waals surface area contributed by atoms with Gasteiger partial charge in [-0.05, 0) is 60.0 Å². The summed E-state index contributed by atoms with van der Waals surface area (Å²) >= 11 is 0. The van der Waals surface area contributed by atoms with Gasteiger partial charge in [-0.15, -0.1) is 20.5 Å². The Bertz CT molecular complexity index is 2580. The summed E-state index contributed by atoms with van der Waals surface area (Å²) in [6, 6.07) is 12.6. The number of azo groups is 3. The van der Waals surface area contributed by atoms with Crippen LogP contribution in [0.15, 0.2) is 119 Å². The van der Waals surface area contributed by atoms with Gasteiger partial charge in [0.2, 0.25) is 0 Å². The van der Waals surface area contributed by atoms with Crippen molar-refractivity contribution in [3.05, 3.63) is 99.1 Å². The van der Waals surface area contributed by atoms with Crippen LogP contribution in [0.1, 0.15) is 0 Å². The molecule has 3 N–H and O–H groups in total. The zero-order valence-electron chi connectivity index (χ0n) is 26.8. The normalized spacial score (nSPS) is 11.9. The predicted molar refractivity (Wildman–Crippen MR) is 170 cm³/mol. The predicted octanol–water partition coefficient (Wildman–Crippen LogP) is 0.835. The van der Waals surface area contributed by atoms with Crippen molar-refractivity contribution in [2.24, 2.45) is 30.7 Å². The van der Waals surface area contributed by atoms with Crippen molar-refractivity contribution in [2.45, 2.75) is 9.79 Å². The molecule has 0 heterocycles. The first kappa shape index (κ1) is 42.6. The Morgan fingerprint density at radius 1 is 0.509 bits per heavy atom. The molecule has 0 aliphatic carbocycles. The van der Waals surface area contributed by atoms with Gasteiger partial charge < -0.3 is 24.4 Å². The third-order valence-corrected chi connectivity index (χ3v) is 8.25. The maximum atomic E-state index is 11.9. The molecule has 53 heavy (non-hydrogen) atoms. The number of hydrogen-bond donors (Lipinski definition) is 3. The van der Waals surface area contributed by atoms with E-state index in [2.05, 4.69) is 30.7 Å². The van der Waals surface area contributed by atoms with Gasteiger partial charge in [0.15, 0.2) is 5.75 Å². The third-order valence-electron chi connectivity index (χ3n) is 6.63. The average molecular weight is 783 g/mol. The van der Waals surface area contributed by atoms with E-state index in [0.717, 1.165) is 42.5 Å². The molecule has 0 bridgehead atoms. The summed E-state index contributed by atoms with van der Waals surface area (Å²) in [7, 11) is -10.4. The molecule has 21 nitrogen and oxygen atoms in total. The van der Waals surface area contributed by atoms with Crippen molar-refractivity contribution in [3.63, 3.8) is 0 Å². The van der Waals surface area contributed by atoms with Gasteiger partial charge in [0.1, 0.15) is 48.8 Å². The fourth-order valence-corrected chi connectivity index (χ4v) is 5.32. The summed E-state index contributed by atoms with van der Waals surface area (Å²) in [6.45, 7) is 0. The second-order valence-corrected chi connectivity index (χ2v) is 12.8. The summed E-state index contributed by atoms with van der Waals surface area (Å²) in [6.07, 6.45) is 0. The molecule has 0 aromatic heterocycles. The number of fused-ring (bicyclic) bond motifs is 1. The molecule has 0 saturated carbocycles. The van der Waals surface area contributed by atoms with Gasteiger partial charge in [-0.2, -0.15) is 10.2 Å². The Hall–Kier alpha value is -4.82. The minimum Gasteiger partial charge on any atom is -0.744 e. The van der Waals surface area contributed by atoms with E-state index in [0.29, 0.717) is 24.3 Å². The zero-order chi connectivity index (χ0) is 37.2. The van der Waals surface area contributed by atoms with Crippen molar-refractivity contribution < 1.29 is 110 Å². The number of nitro groups is 2. The first-order chi connectivity index (χ1) is 23.9. The molecule has 0 fully saturated rings. The quantitative estimate of drug-likeness (QED) is 0.0582. The first-order valence-corrected chi connectivity index (χ1v) is 16.3. The van der Waals surface area contributed by atoms with Crippen molar-refractivity contribution in [2.75, 3.05) is 0 Å². The molecule has 5 rings (SSSR count). The molecule has 5 aromatic rings. The molecular weight excluding hydrogens is 766 g/mol. The van der Waals surface area contributed by atoms with Crippen LogP contribution in [0.3, 0.4) is 0 Å². The van der Waals surface area contributed by atoms with E-state index < -0.39 is 79.6 Å². The van der Waals surface area contributed by atoms with Gasteiger partial charge in [-0.25, -0.2) is 16.8 Å². The van der Waals surface area contributed by atoms with Crippen LogP contribution < -0.4 is 59.1 Å². The summed E-state index contributed by atoms with van der Waals surface area (Å²) in [5, 5.41) is 76.2. The molecule has 0 aliphatic heterocycles. The van der Waals surface area contributed by atoms with E-state index in [9.17, 15) is 61.5 Å². The van der Waals surface area contributed by atoms with Crippen LogP contribution in [0.4, 0.5) is 45.5 Å². The maximum Gasteiger partial charge on any atom is 1.00 e. The fraction of sp³-hybridized carbons (Fsp3) is 0. The van der Waals surface area contributed by atoms with Crippen molar-refractivity contribution in [3.8, 4) is 17.2 Å². The van der Waals surface area contributed by atoms with Crippen LogP contribution in [-0.4, -0.2) is 51.1 Å².